The Hall–Kier alpha value is -1.66. The van der Waals surface area contributed by atoms with Crippen molar-refractivity contribution in [3.8, 4) is 0 Å². The quantitative estimate of drug-likeness (QED) is 0.570. The van der Waals surface area contributed by atoms with Gasteiger partial charge in [-0.25, -0.2) is 0 Å². The van der Waals surface area contributed by atoms with Gasteiger partial charge in [0.1, 0.15) is 0 Å². The number of nitro benzene ring substituents is 1. The lowest BCUT2D eigenvalue weighted by Gasteiger charge is -2.21. The molecule has 0 bridgehead atoms. The number of hydrogen-bond donors (Lipinski definition) is 2. The maximum Gasteiger partial charge on any atom is 0.269 e. The van der Waals surface area contributed by atoms with Gasteiger partial charge in [-0.1, -0.05) is 0 Å². The number of non-ortho nitro benzene ring substituents is 1. The van der Waals surface area contributed by atoms with Gasteiger partial charge in [-0.3, -0.25) is 10.1 Å². The number of benzene rings is 1. The second kappa shape index (κ2) is 6.17. The van der Waals surface area contributed by atoms with Crippen molar-refractivity contribution in [2.24, 2.45) is 0 Å². The lowest BCUT2D eigenvalue weighted by Crippen LogP contribution is -2.20. The third-order valence-electron chi connectivity index (χ3n) is 2.51. The van der Waals surface area contributed by atoms with Gasteiger partial charge in [0.15, 0.2) is 0 Å². The van der Waals surface area contributed by atoms with Crippen LogP contribution in [0.4, 0.5) is 11.4 Å². The maximum absolute atomic E-state index is 10.6. The van der Waals surface area contributed by atoms with Crippen LogP contribution in [0.3, 0.4) is 0 Å². The SMILES string of the molecule is CN(CCCO)c1ccc([N+](=O)[O-])cc1CO. The van der Waals surface area contributed by atoms with E-state index in [2.05, 4.69) is 0 Å². The molecule has 0 aliphatic heterocycles. The minimum atomic E-state index is -0.489. The normalized spacial score (nSPS) is 10.3. The number of nitro groups is 1. The maximum atomic E-state index is 10.6. The van der Waals surface area contributed by atoms with E-state index >= 15 is 0 Å². The molecular formula is C11H16N2O4. The third-order valence-corrected chi connectivity index (χ3v) is 2.51. The Morgan fingerprint density at radius 1 is 1.41 bits per heavy atom. The van der Waals surface area contributed by atoms with Crippen LogP contribution in [0.1, 0.15) is 12.0 Å². The summed E-state index contributed by atoms with van der Waals surface area (Å²) in [6.45, 7) is 0.466. The van der Waals surface area contributed by atoms with Gasteiger partial charge in [0.2, 0.25) is 0 Å². The van der Waals surface area contributed by atoms with Gasteiger partial charge in [0.25, 0.3) is 5.69 Å². The zero-order chi connectivity index (χ0) is 12.8. The molecule has 0 atom stereocenters. The Balaban J connectivity index is 2.95. The van der Waals surface area contributed by atoms with E-state index in [0.717, 1.165) is 5.69 Å². The number of hydrogen-bond acceptors (Lipinski definition) is 5. The number of nitrogens with zero attached hydrogens (tertiary/aromatic N) is 2. The highest BCUT2D eigenvalue weighted by Gasteiger charge is 2.12. The summed E-state index contributed by atoms with van der Waals surface area (Å²) in [5.74, 6) is 0. The van der Waals surface area contributed by atoms with Crippen molar-refractivity contribution in [3.05, 3.63) is 33.9 Å². The van der Waals surface area contributed by atoms with Crippen molar-refractivity contribution in [1.29, 1.82) is 0 Å². The van der Waals surface area contributed by atoms with E-state index in [4.69, 9.17) is 5.11 Å². The van der Waals surface area contributed by atoms with Gasteiger partial charge in [0, 0.05) is 43.6 Å². The molecule has 6 heteroatoms. The molecule has 0 saturated carbocycles. The Bertz CT molecular complexity index is 395. The Kier molecular flexibility index (Phi) is 4.86. The molecule has 0 unspecified atom stereocenters. The molecule has 0 radical (unpaired) electrons. The molecule has 0 saturated heterocycles. The first kappa shape index (κ1) is 13.4. The Labute approximate surface area is 99.3 Å². The molecule has 0 aromatic heterocycles. The fourth-order valence-electron chi connectivity index (χ4n) is 1.61. The lowest BCUT2D eigenvalue weighted by atomic mass is 10.1. The molecule has 2 N–H and O–H groups in total. The van der Waals surface area contributed by atoms with E-state index < -0.39 is 4.92 Å². The summed E-state index contributed by atoms with van der Waals surface area (Å²) in [5.41, 5.74) is 1.22. The predicted molar refractivity (Wildman–Crippen MR) is 64.0 cm³/mol. The molecule has 17 heavy (non-hydrogen) atoms. The second-order valence-corrected chi connectivity index (χ2v) is 3.73. The molecule has 1 aromatic carbocycles. The van der Waals surface area contributed by atoms with E-state index in [1.807, 2.05) is 11.9 Å². The number of rotatable bonds is 6. The Morgan fingerprint density at radius 2 is 2.12 bits per heavy atom. The van der Waals surface area contributed by atoms with Gasteiger partial charge in [-0.2, -0.15) is 0 Å². The molecule has 0 amide bonds. The molecule has 94 valence electrons. The first-order valence-corrected chi connectivity index (χ1v) is 5.30. The van der Waals surface area contributed by atoms with Gasteiger partial charge < -0.3 is 15.1 Å². The average Bonchev–Trinajstić information content (AvgIpc) is 2.34. The van der Waals surface area contributed by atoms with Crippen LogP contribution < -0.4 is 4.90 Å². The lowest BCUT2D eigenvalue weighted by molar-refractivity contribution is -0.384. The molecule has 0 spiro atoms. The van der Waals surface area contributed by atoms with E-state index in [0.29, 0.717) is 18.5 Å². The van der Waals surface area contributed by atoms with Crippen molar-refractivity contribution in [2.75, 3.05) is 25.1 Å². The van der Waals surface area contributed by atoms with E-state index in [9.17, 15) is 15.2 Å². The summed E-state index contributed by atoms with van der Waals surface area (Å²) < 4.78 is 0. The van der Waals surface area contributed by atoms with Crippen LogP contribution in [0.25, 0.3) is 0 Å². The molecule has 0 aliphatic rings. The first-order chi connectivity index (χ1) is 8.10. The predicted octanol–water partition coefficient (Wildman–Crippen LogP) is 0.906. The second-order valence-electron chi connectivity index (χ2n) is 3.73. The zero-order valence-corrected chi connectivity index (χ0v) is 9.67. The van der Waals surface area contributed by atoms with Gasteiger partial charge in [-0.05, 0) is 12.5 Å². The van der Waals surface area contributed by atoms with Crippen LogP contribution in [-0.4, -0.2) is 35.3 Å². The van der Waals surface area contributed by atoms with E-state index in [1.165, 1.54) is 12.1 Å². The minimum absolute atomic E-state index is 0.0339. The standard InChI is InChI=1S/C11H16N2O4/c1-12(5-2-6-14)11-4-3-10(13(16)17)7-9(11)8-15/h3-4,7,14-15H,2,5-6,8H2,1H3. The Morgan fingerprint density at radius 3 is 2.65 bits per heavy atom. The van der Waals surface area contributed by atoms with Crippen molar-refractivity contribution in [3.63, 3.8) is 0 Å². The highest BCUT2D eigenvalue weighted by Crippen LogP contribution is 2.24. The van der Waals surface area contributed by atoms with Gasteiger partial charge in [-0.15, -0.1) is 0 Å². The number of aliphatic hydroxyl groups excluding tert-OH is 2. The molecule has 0 heterocycles. The van der Waals surface area contributed by atoms with Crippen molar-refractivity contribution >= 4 is 11.4 Å². The first-order valence-electron chi connectivity index (χ1n) is 5.30. The summed E-state index contributed by atoms with van der Waals surface area (Å²) in [6.07, 6.45) is 0.609. The van der Waals surface area contributed by atoms with Crippen LogP contribution in [0.5, 0.6) is 0 Å². The molecule has 1 aromatic rings. The highest BCUT2D eigenvalue weighted by molar-refractivity contribution is 5.57. The molecule has 6 nitrogen and oxygen atoms in total. The van der Waals surface area contributed by atoms with Crippen LogP contribution >= 0.6 is 0 Å². The summed E-state index contributed by atoms with van der Waals surface area (Å²) in [7, 11) is 1.82. The largest absolute Gasteiger partial charge is 0.396 e. The van der Waals surface area contributed by atoms with Crippen LogP contribution in [0, 0.1) is 10.1 Å². The van der Waals surface area contributed by atoms with E-state index in [1.54, 1.807) is 6.07 Å². The van der Waals surface area contributed by atoms with Crippen LogP contribution in [-0.2, 0) is 6.61 Å². The summed E-state index contributed by atoms with van der Waals surface area (Å²) in [5, 5.41) is 28.5. The summed E-state index contributed by atoms with van der Waals surface area (Å²) in [6, 6.07) is 4.38. The van der Waals surface area contributed by atoms with Gasteiger partial charge >= 0.3 is 0 Å². The number of aliphatic hydroxyl groups is 2. The monoisotopic (exact) mass is 240 g/mol. The smallest absolute Gasteiger partial charge is 0.269 e. The zero-order valence-electron chi connectivity index (χ0n) is 9.67. The molecule has 1 rings (SSSR count). The average molecular weight is 240 g/mol. The molecule has 0 fully saturated rings. The van der Waals surface area contributed by atoms with Crippen molar-refractivity contribution in [2.45, 2.75) is 13.0 Å². The summed E-state index contributed by atoms with van der Waals surface area (Å²) in [4.78, 5) is 12.0. The van der Waals surface area contributed by atoms with Crippen molar-refractivity contribution in [1.82, 2.24) is 0 Å². The topological polar surface area (TPSA) is 86.8 Å². The van der Waals surface area contributed by atoms with E-state index in [-0.39, 0.29) is 18.9 Å². The fraction of sp³-hybridized carbons (Fsp3) is 0.455. The highest BCUT2D eigenvalue weighted by atomic mass is 16.6. The third kappa shape index (κ3) is 3.40. The summed E-state index contributed by atoms with van der Waals surface area (Å²) >= 11 is 0. The van der Waals surface area contributed by atoms with Crippen molar-refractivity contribution < 1.29 is 15.1 Å². The fourth-order valence-corrected chi connectivity index (χ4v) is 1.61. The molecule has 0 aliphatic carbocycles. The van der Waals surface area contributed by atoms with Crippen LogP contribution in [0.2, 0.25) is 0 Å². The van der Waals surface area contributed by atoms with Gasteiger partial charge in [0.05, 0.1) is 11.5 Å². The molecular weight excluding hydrogens is 224 g/mol. The number of anilines is 1. The van der Waals surface area contributed by atoms with Crippen LogP contribution in [0.15, 0.2) is 18.2 Å². The minimum Gasteiger partial charge on any atom is -0.396 e.